The molecule has 1 fully saturated rings. The molecule has 1 unspecified atom stereocenters. The monoisotopic (exact) mass is 797 g/mol. The number of alkyl halides is 6. The van der Waals surface area contributed by atoms with Gasteiger partial charge in [0.25, 0.3) is 0 Å². The van der Waals surface area contributed by atoms with Crippen LogP contribution in [0.15, 0.2) is 114 Å². The van der Waals surface area contributed by atoms with E-state index in [0.717, 1.165) is 16.0 Å². The van der Waals surface area contributed by atoms with E-state index in [4.69, 9.17) is 9.47 Å². The summed E-state index contributed by atoms with van der Waals surface area (Å²) in [7, 11) is 2.85. The fourth-order valence-electron chi connectivity index (χ4n) is 6.19. The summed E-state index contributed by atoms with van der Waals surface area (Å²) < 4.78 is 91.8. The fraction of sp³-hybridized carbons (Fsp3) is 0.317. The van der Waals surface area contributed by atoms with E-state index in [1.807, 2.05) is 17.0 Å². The van der Waals surface area contributed by atoms with E-state index in [2.05, 4.69) is 4.99 Å². The molecule has 10 nitrogen and oxygen atoms in total. The fourth-order valence-corrected chi connectivity index (χ4v) is 6.19. The molecule has 4 aromatic rings. The van der Waals surface area contributed by atoms with Crippen molar-refractivity contribution in [3.8, 4) is 0 Å². The Morgan fingerprint density at radius 1 is 0.684 bits per heavy atom. The van der Waals surface area contributed by atoms with Crippen LogP contribution in [0.5, 0.6) is 0 Å². The Balaban J connectivity index is 1.32. The van der Waals surface area contributed by atoms with Gasteiger partial charge in [-0.15, -0.1) is 4.99 Å². The van der Waals surface area contributed by atoms with Gasteiger partial charge in [0, 0.05) is 46.8 Å². The first-order valence-corrected chi connectivity index (χ1v) is 17.9. The molecule has 5 rings (SSSR count). The van der Waals surface area contributed by atoms with Crippen LogP contribution < -0.4 is 0 Å². The number of carbonyl (C=O) groups is 3. The maximum absolute atomic E-state index is 14.1. The van der Waals surface area contributed by atoms with Crippen molar-refractivity contribution in [3.63, 3.8) is 0 Å². The van der Waals surface area contributed by atoms with Crippen molar-refractivity contribution in [2.24, 2.45) is 4.99 Å². The average molecular weight is 798 g/mol. The van der Waals surface area contributed by atoms with Crippen molar-refractivity contribution < 1.29 is 50.2 Å². The smallest absolute Gasteiger partial charge is 0.437 e. The number of aliphatic imine (C=N–C) groups is 1. The SMILES string of the molecule is CN(CCc1cc(C(F)(F)F)cc(C(F)(F)F)c1)C(=O)C(c1ccccc1)N1CCN(C(=NC(=O)OCc2ccccc2)N(C)C(=O)OCc2ccccc2)CC1. The number of hydrogen-bond donors (Lipinski definition) is 0. The molecule has 0 spiro atoms. The second-order valence-corrected chi connectivity index (χ2v) is 13.3. The molecule has 0 aromatic heterocycles. The van der Waals surface area contributed by atoms with Crippen LogP contribution in [0.1, 0.15) is 39.4 Å². The zero-order chi connectivity index (χ0) is 41.2. The normalized spacial score (nSPS) is 14.5. The molecule has 0 bridgehead atoms. The first-order chi connectivity index (χ1) is 27.1. The van der Waals surface area contributed by atoms with Crippen molar-refractivity contribution >= 4 is 24.1 Å². The number of nitrogens with zero attached hydrogens (tertiary/aromatic N) is 5. The van der Waals surface area contributed by atoms with Gasteiger partial charge in [0.15, 0.2) is 0 Å². The molecular weight excluding hydrogens is 756 g/mol. The number of carbonyl (C=O) groups excluding carboxylic acids is 3. The number of guanidine groups is 1. The minimum Gasteiger partial charge on any atom is -0.444 e. The molecule has 1 saturated heterocycles. The second-order valence-electron chi connectivity index (χ2n) is 13.3. The summed E-state index contributed by atoms with van der Waals surface area (Å²) in [5.41, 5.74) is -0.985. The summed E-state index contributed by atoms with van der Waals surface area (Å²) in [5.74, 6) is -0.470. The molecule has 0 N–H and O–H groups in total. The lowest BCUT2D eigenvalue weighted by Crippen LogP contribution is -2.56. The number of halogens is 6. The predicted molar refractivity (Wildman–Crippen MR) is 199 cm³/mol. The third kappa shape index (κ3) is 11.8. The van der Waals surface area contributed by atoms with E-state index < -0.39 is 47.6 Å². The number of hydrogen-bond acceptors (Lipinski definition) is 6. The lowest BCUT2D eigenvalue weighted by molar-refractivity contribution is -0.143. The highest BCUT2D eigenvalue weighted by atomic mass is 19.4. The standard InChI is InChI=1S/C41H41F6N5O5/c1-49(19-18-31-24-33(40(42,43)44)26-34(25-31)41(45,46)47)36(53)35(32-16-10-5-11-17-32)51-20-22-52(23-21-51)37(48-38(54)56-27-29-12-6-3-7-13-29)50(2)39(55)57-28-30-14-8-4-9-15-30/h3-17,24-26,35H,18-23,27-28H2,1-2H3. The summed E-state index contributed by atoms with van der Waals surface area (Å²) in [6.45, 7) is 0.572. The minimum absolute atomic E-state index is 0.0326. The van der Waals surface area contributed by atoms with Gasteiger partial charge in [0.1, 0.15) is 19.3 Å². The number of amides is 3. The third-order valence-corrected chi connectivity index (χ3v) is 9.25. The van der Waals surface area contributed by atoms with Crippen molar-refractivity contribution in [1.82, 2.24) is 19.6 Å². The predicted octanol–water partition coefficient (Wildman–Crippen LogP) is 8.05. The van der Waals surface area contributed by atoms with Gasteiger partial charge in [0.2, 0.25) is 11.9 Å². The zero-order valence-corrected chi connectivity index (χ0v) is 31.2. The van der Waals surface area contributed by atoms with Crippen LogP contribution >= 0.6 is 0 Å². The van der Waals surface area contributed by atoms with E-state index >= 15 is 0 Å². The Kier molecular flexibility index (Phi) is 14.0. The molecular formula is C41H41F6N5O5. The molecule has 1 heterocycles. The molecule has 0 aliphatic carbocycles. The summed E-state index contributed by atoms with van der Waals surface area (Å²) >= 11 is 0. The second kappa shape index (κ2) is 18.8. The molecule has 0 saturated carbocycles. The molecule has 57 heavy (non-hydrogen) atoms. The van der Waals surface area contributed by atoms with E-state index in [9.17, 15) is 40.7 Å². The van der Waals surface area contributed by atoms with Crippen LogP contribution in [-0.2, 0) is 46.3 Å². The molecule has 0 radical (unpaired) electrons. The van der Waals surface area contributed by atoms with Gasteiger partial charge in [-0.25, -0.2) is 9.59 Å². The van der Waals surface area contributed by atoms with Crippen molar-refractivity contribution in [2.45, 2.75) is 38.0 Å². The summed E-state index contributed by atoms with van der Waals surface area (Å²) in [6.07, 6.45) is -12.0. The topological polar surface area (TPSA) is 95.0 Å². The van der Waals surface area contributed by atoms with Crippen molar-refractivity contribution in [2.75, 3.05) is 46.8 Å². The van der Waals surface area contributed by atoms with Crippen LogP contribution in [-0.4, -0.2) is 90.5 Å². The highest BCUT2D eigenvalue weighted by molar-refractivity contribution is 5.98. The van der Waals surface area contributed by atoms with E-state index in [1.54, 1.807) is 83.8 Å². The lowest BCUT2D eigenvalue weighted by atomic mass is 10.0. The number of rotatable bonds is 10. The molecule has 1 atom stereocenters. The molecule has 4 aromatic carbocycles. The number of likely N-dealkylation sites (N-methyl/N-ethyl adjacent to an activating group) is 1. The average Bonchev–Trinajstić information content (AvgIpc) is 3.20. The van der Waals surface area contributed by atoms with Crippen LogP contribution in [0.4, 0.5) is 35.9 Å². The van der Waals surface area contributed by atoms with Gasteiger partial charge in [-0.3, -0.25) is 14.6 Å². The molecule has 302 valence electrons. The molecule has 3 amide bonds. The number of piperazine rings is 1. The summed E-state index contributed by atoms with van der Waals surface area (Å²) in [6, 6.07) is 27.2. The minimum atomic E-state index is -5.00. The van der Waals surface area contributed by atoms with Crippen molar-refractivity contribution in [3.05, 3.63) is 143 Å². The van der Waals surface area contributed by atoms with E-state index in [1.165, 1.54) is 19.0 Å². The van der Waals surface area contributed by atoms with E-state index in [0.29, 0.717) is 17.7 Å². The first kappa shape index (κ1) is 42.2. The van der Waals surface area contributed by atoms with Gasteiger partial charge >= 0.3 is 24.5 Å². The highest BCUT2D eigenvalue weighted by Gasteiger charge is 2.38. The molecule has 16 heteroatoms. The lowest BCUT2D eigenvalue weighted by Gasteiger charge is -2.41. The van der Waals surface area contributed by atoms with E-state index in [-0.39, 0.29) is 69.9 Å². The van der Waals surface area contributed by atoms with Crippen LogP contribution in [0, 0.1) is 0 Å². The Labute approximate surface area is 325 Å². The molecule has 1 aliphatic rings. The van der Waals surface area contributed by atoms with Gasteiger partial charge in [0.05, 0.1) is 11.1 Å². The van der Waals surface area contributed by atoms with Gasteiger partial charge in [-0.2, -0.15) is 26.3 Å². The van der Waals surface area contributed by atoms with Crippen LogP contribution in [0.25, 0.3) is 0 Å². The maximum atomic E-state index is 14.1. The first-order valence-electron chi connectivity index (χ1n) is 17.9. The third-order valence-electron chi connectivity index (χ3n) is 9.25. The van der Waals surface area contributed by atoms with Crippen LogP contribution in [0.3, 0.4) is 0 Å². The zero-order valence-electron chi connectivity index (χ0n) is 31.2. The maximum Gasteiger partial charge on any atom is 0.437 e. The quantitative estimate of drug-likeness (QED) is 0.0911. The Morgan fingerprint density at radius 2 is 1.18 bits per heavy atom. The Hall–Kier alpha value is -5.90. The van der Waals surface area contributed by atoms with Gasteiger partial charge in [-0.05, 0) is 46.9 Å². The van der Waals surface area contributed by atoms with Gasteiger partial charge in [-0.1, -0.05) is 91.0 Å². The Morgan fingerprint density at radius 3 is 1.68 bits per heavy atom. The summed E-state index contributed by atoms with van der Waals surface area (Å²) in [4.78, 5) is 50.5. The number of benzene rings is 4. The number of ether oxygens (including phenoxy) is 2. The highest BCUT2D eigenvalue weighted by Crippen LogP contribution is 2.36. The van der Waals surface area contributed by atoms with Crippen molar-refractivity contribution in [1.29, 1.82) is 0 Å². The van der Waals surface area contributed by atoms with Gasteiger partial charge < -0.3 is 19.3 Å². The van der Waals surface area contributed by atoms with Crippen LogP contribution in [0.2, 0.25) is 0 Å². The molecule has 1 aliphatic heterocycles. The Bertz CT molecular complexity index is 1960. The summed E-state index contributed by atoms with van der Waals surface area (Å²) in [5, 5.41) is 0. The largest absolute Gasteiger partial charge is 0.444 e.